The third-order valence-corrected chi connectivity index (χ3v) is 4.70. The second-order valence-electron chi connectivity index (χ2n) is 6.27. The van der Waals surface area contributed by atoms with E-state index in [4.69, 9.17) is 11.6 Å². The maximum Gasteiger partial charge on any atom is 0.321 e. The molecular weight excluding hydrogens is 344 g/mol. The van der Waals surface area contributed by atoms with Gasteiger partial charge in [-0.3, -0.25) is 9.59 Å². The molecule has 7 nitrogen and oxygen atoms in total. The molecule has 2 aliphatic rings. The van der Waals surface area contributed by atoms with Crippen LogP contribution >= 0.6 is 11.6 Å². The Balaban J connectivity index is 1.55. The third kappa shape index (κ3) is 4.42. The topological polar surface area (TPSA) is 81.8 Å². The van der Waals surface area contributed by atoms with Gasteiger partial charge in [0.15, 0.2) is 0 Å². The number of halogens is 1. The average molecular weight is 365 g/mol. The van der Waals surface area contributed by atoms with Gasteiger partial charge in [-0.05, 0) is 31.0 Å². The van der Waals surface area contributed by atoms with E-state index < -0.39 is 6.04 Å². The molecule has 0 aromatic heterocycles. The van der Waals surface area contributed by atoms with Crippen molar-refractivity contribution in [2.75, 3.05) is 31.5 Å². The van der Waals surface area contributed by atoms with Crippen molar-refractivity contribution >= 4 is 35.1 Å². The van der Waals surface area contributed by atoms with Gasteiger partial charge in [-0.1, -0.05) is 17.7 Å². The average Bonchev–Trinajstić information content (AvgIpc) is 2.87. The van der Waals surface area contributed by atoms with Gasteiger partial charge in [0.1, 0.15) is 6.04 Å². The minimum atomic E-state index is -0.417. The maximum absolute atomic E-state index is 12.5. The zero-order valence-corrected chi connectivity index (χ0v) is 14.6. The van der Waals surface area contributed by atoms with Gasteiger partial charge < -0.3 is 20.4 Å². The molecule has 2 heterocycles. The first kappa shape index (κ1) is 17.5. The van der Waals surface area contributed by atoms with Crippen molar-refractivity contribution in [2.24, 2.45) is 0 Å². The van der Waals surface area contributed by atoms with Crippen LogP contribution in [-0.4, -0.2) is 59.9 Å². The Bertz CT molecular complexity index is 682. The summed E-state index contributed by atoms with van der Waals surface area (Å²) in [5.41, 5.74) is 0.642. The molecular formula is C17H21ClN4O3. The van der Waals surface area contributed by atoms with Gasteiger partial charge in [-0.15, -0.1) is 0 Å². The molecule has 2 fully saturated rings. The molecule has 1 unspecified atom stereocenters. The van der Waals surface area contributed by atoms with Crippen molar-refractivity contribution in [1.82, 2.24) is 15.1 Å². The number of urea groups is 1. The molecule has 0 bridgehead atoms. The second kappa shape index (κ2) is 7.74. The van der Waals surface area contributed by atoms with Crippen LogP contribution in [-0.2, 0) is 9.59 Å². The van der Waals surface area contributed by atoms with Crippen LogP contribution in [0.25, 0.3) is 0 Å². The van der Waals surface area contributed by atoms with Crippen LogP contribution in [0.1, 0.15) is 19.3 Å². The first-order valence-electron chi connectivity index (χ1n) is 8.42. The number of benzene rings is 1. The van der Waals surface area contributed by atoms with E-state index in [0.29, 0.717) is 56.2 Å². The monoisotopic (exact) mass is 364 g/mol. The van der Waals surface area contributed by atoms with Crippen molar-refractivity contribution in [2.45, 2.75) is 25.3 Å². The lowest BCUT2D eigenvalue weighted by atomic mass is 10.2. The highest BCUT2D eigenvalue weighted by Gasteiger charge is 2.32. The summed E-state index contributed by atoms with van der Waals surface area (Å²) >= 11 is 5.93. The molecule has 8 heteroatoms. The molecule has 2 saturated heterocycles. The minimum absolute atomic E-state index is 0.0528. The summed E-state index contributed by atoms with van der Waals surface area (Å²) in [4.78, 5) is 39.6. The molecule has 0 spiro atoms. The third-order valence-electron chi connectivity index (χ3n) is 4.46. The molecule has 2 aliphatic heterocycles. The van der Waals surface area contributed by atoms with Crippen molar-refractivity contribution in [3.8, 4) is 0 Å². The number of anilines is 1. The molecule has 2 N–H and O–H groups in total. The van der Waals surface area contributed by atoms with Crippen LogP contribution in [0.3, 0.4) is 0 Å². The number of carbonyl (C=O) groups excluding carboxylic acids is 3. The smallest absolute Gasteiger partial charge is 0.321 e. The summed E-state index contributed by atoms with van der Waals surface area (Å²) in [6.07, 6.45) is 1.65. The fraction of sp³-hybridized carbons (Fsp3) is 0.471. The Labute approximate surface area is 151 Å². The molecule has 1 aromatic carbocycles. The zero-order chi connectivity index (χ0) is 17.8. The number of hydrogen-bond donors (Lipinski definition) is 2. The Morgan fingerprint density at radius 3 is 2.64 bits per heavy atom. The summed E-state index contributed by atoms with van der Waals surface area (Å²) in [6, 6.07) is 6.37. The highest BCUT2D eigenvalue weighted by atomic mass is 35.5. The predicted molar refractivity (Wildman–Crippen MR) is 94.4 cm³/mol. The standard InChI is InChI=1S/C17H21ClN4O3/c18-12-3-1-4-13(11-12)19-17(25)22-8-2-7-21(9-10-22)16(24)14-5-6-15(23)20-14/h1,3-4,11,14H,2,5-10H2,(H,19,25)(H,20,23). The number of rotatable bonds is 2. The van der Waals surface area contributed by atoms with E-state index in [1.54, 1.807) is 34.1 Å². The lowest BCUT2D eigenvalue weighted by Gasteiger charge is -2.24. The molecule has 25 heavy (non-hydrogen) atoms. The summed E-state index contributed by atoms with van der Waals surface area (Å²) in [6.45, 7) is 2.09. The SMILES string of the molecule is O=C1CCC(C(=O)N2CCCN(C(=O)Nc3cccc(Cl)c3)CC2)N1. The second-order valence-corrected chi connectivity index (χ2v) is 6.70. The van der Waals surface area contributed by atoms with Gasteiger partial charge in [0.2, 0.25) is 11.8 Å². The summed E-state index contributed by atoms with van der Waals surface area (Å²) in [5, 5.41) is 6.09. The zero-order valence-electron chi connectivity index (χ0n) is 13.8. The highest BCUT2D eigenvalue weighted by Crippen LogP contribution is 2.16. The lowest BCUT2D eigenvalue weighted by Crippen LogP contribution is -2.46. The molecule has 4 amide bonds. The van der Waals surface area contributed by atoms with Crippen LogP contribution in [0.2, 0.25) is 5.02 Å². The van der Waals surface area contributed by atoms with Gasteiger partial charge >= 0.3 is 6.03 Å². The predicted octanol–water partition coefficient (Wildman–Crippen LogP) is 1.68. The fourth-order valence-corrected chi connectivity index (χ4v) is 3.32. The van der Waals surface area contributed by atoms with Crippen molar-refractivity contribution < 1.29 is 14.4 Å². The molecule has 0 radical (unpaired) electrons. The van der Waals surface area contributed by atoms with Crippen LogP contribution in [0, 0.1) is 0 Å². The van der Waals surface area contributed by atoms with E-state index in [2.05, 4.69) is 10.6 Å². The fourth-order valence-electron chi connectivity index (χ4n) is 3.13. The Kier molecular flexibility index (Phi) is 5.43. The van der Waals surface area contributed by atoms with Crippen molar-refractivity contribution in [3.05, 3.63) is 29.3 Å². The van der Waals surface area contributed by atoms with Crippen LogP contribution in [0.15, 0.2) is 24.3 Å². The van der Waals surface area contributed by atoms with Crippen LogP contribution in [0.4, 0.5) is 10.5 Å². The van der Waals surface area contributed by atoms with Gasteiger partial charge in [-0.25, -0.2) is 4.79 Å². The van der Waals surface area contributed by atoms with Crippen LogP contribution < -0.4 is 10.6 Å². The largest absolute Gasteiger partial charge is 0.344 e. The lowest BCUT2D eigenvalue weighted by molar-refractivity contribution is -0.134. The number of hydrogen-bond acceptors (Lipinski definition) is 3. The molecule has 1 aromatic rings. The highest BCUT2D eigenvalue weighted by molar-refractivity contribution is 6.30. The number of nitrogens with one attached hydrogen (secondary N) is 2. The molecule has 0 saturated carbocycles. The molecule has 1 atom stereocenters. The Hall–Kier alpha value is -2.28. The Morgan fingerprint density at radius 1 is 1.16 bits per heavy atom. The van der Waals surface area contributed by atoms with Crippen LogP contribution in [0.5, 0.6) is 0 Å². The van der Waals surface area contributed by atoms with Gasteiger partial charge in [-0.2, -0.15) is 0 Å². The van der Waals surface area contributed by atoms with E-state index >= 15 is 0 Å². The quantitative estimate of drug-likeness (QED) is 0.837. The normalized spacial score (nSPS) is 20.8. The molecule has 0 aliphatic carbocycles. The van der Waals surface area contributed by atoms with Crippen molar-refractivity contribution in [1.29, 1.82) is 0 Å². The van der Waals surface area contributed by atoms with Gasteiger partial charge in [0.05, 0.1) is 0 Å². The molecule has 3 rings (SSSR count). The minimum Gasteiger partial charge on any atom is -0.344 e. The van der Waals surface area contributed by atoms with E-state index in [0.717, 1.165) is 0 Å². The maximum atomic E-state index is 12.5. The van der Waals surface area contributed by atoms with E-state index in [9.17, 15) is 14.4 Å². The van der Waals surface area contributed by atoms with Crippen molar-refractivity contribution in [3.63, 3.8) is 0 Å². The number of carbonyl (C=O) groups is 3. The van der Waals surface area contributed by atoms with E-state index in [1.807, 2.05) is 0 Å². The summed E-state index contributed by atoms with van der Waals surface area (Å²) in [7, 11) is 0. The van der Waals surface area contributed by atoms with E-state index in [-0.39, 0.29) is 17.8 Å². The number of nitrogens with zero attached hydrogens (tertiary/aromatic N) is 2. The van der Waals surface area contributed by atoms with E-state index in [1.165, 1.54) is 0 Å². The first-order chi connectivity index (χ1) is 12.0. The Morgan fingerprint density at radius 2 is 1.92 bits per heavy atom. The molecule has 134 valence electrons. The van der Waals surface area contributed by atoms with Gasteiger partial charge in [0, 0.05) is 43.3 Å². The number of amides is 4. The summed E-state index contributed by atoms with van der Waals surface area (Å²) in [5.74, 6) is -0.126. The first-order valence-corrected chi connectivity index (χ1v) is 8.80. The van der Waals surface area contributed by atoms with Gasteiger partial charge in [0.25, 0.3) is 0 Å². The summed E-state index contributed by atoms with van der Waals surface area (Å²) < 4.78 is 0.